The van der Waals surface area contributed by atoms with Crippen LogP contribution in [-0.4, -0.2) is 23.8 Å². The van der Waals surface area contributed by atoms with E-state index >= 15 is 0 Å². The predicted octanol–water partition coefficient (Wildman–Crippen LogP) is 2.98. The Kier molecular flexibility index (Phi) is 5.97. The lowest BCUT2D eigenvalue weighted by atomic mass is 10.2. The van der Waals surface area contributed by atoms with Crippen molar-refractivity contribution < 1.29 is 9.47 Å². The maximum Gasteiger partial charge on any atom is 0.213 e. The van der Waals surface area contributed by atoms with Gasteiger partial charge < -0.3 is 20.1 Å². The summed E-state index contributed by atoms with van der Waals surface area (Å²) in [7, 11) is 1.58. The fraction of sp³-hybridized carbons (Fsp3) is 0.250. The summed E-state index contributed by atoms with van der Waals surface area (Å²) in [4.78, 5) is 4.11. The molecular formula is C16H19N3O2S. The molecule has 1 heterocycles. The van der Waals surface area contributed by atoms with Crippen molar-refractivity contribution in [2.75, 3.05) is 19.0 Å². The van der Waals surface area contributed by atoms with Crippen molar-refractivity contribution in [3.8, 4) is 11.6 Å². The highest BCUT2D eigenvalue weighted by Crippen LogP contribution is 2.17. The number of ether oxygens (including phenoxy) is 2. The van der Waals surface area contributed by atoms with Crippen LogP contribution in [0, 0.1) is 0 Å². The third-order valence-corrected chi connectivity index (χ3v) is 3.16. The van der Waals surface area contributed by atoms with Gasteiger partial charge in [0.05, 0.1) is 25.6 Å². The molecule has 0 atom stereocenters. The van der Waals surface area contributed by atoms with Crippen LogP contribution in [0.15, 0.2) is 42.6 Å². The van der Waals surface area contributed by atoms with E-state index in [4.69, 9.17) is 21.7 Å². The Hall–Kier alpha value is -2.34. The van der Waals surface area contributed by atoms with E-state index in [1.165, 1.54) is 0 Å². The molecular weight excluding hydrogens is 298 g/mol. The summed E-state index contributed by atoms with van der Waals surface area (Å²) in [6, 6.07) is 11.5. The number of para-hydroxylation sites is 1. The number of pyridine rings is 1. The van der Waals surface area contributed by atoms with Gasteiger partial charge in [-0.25, -0.2) is 4.98 Å². The second-order valence-corrected chi connectivity index (χ2v) is 4.85. The number of rotatable bonds is 6. The highest BCUT2D eigenvalue weighted by molar-refractivity contribution is 7.80. The summed E-state index contributed by atoms with van der Waals surface area (Å²) >= 11 is 5.28. The van der Waals surface area contributed by atoms with Crippen molar-refractivity contribution in [1.29, 1.82) is 0 Å². The average Bonchev–Trinajstić information content (AvgIpc) is 2.55. The zero-order valence-corrected chi connectivity index (χ0v) is 13.4. The lowest BCUT2D eigenvalue weighted by molar-refractivity contribution is 0.336. The minimum atomic E-state index is 0.526. The van der Waals surface area contributed by atoms with Crippen LogP contribution in [0.5, 0.6) is 11.6 Å². The van der Waals surface area contributed by atoms with Gasteiger partial charge in [-0.1, -0.05) is 18.2 Å². The van der Waals surface area contributed by atoms with Crippen molar-refractivity contribution in [2.45, 2.75) is 13.5 Å². The molecule has 0 aliphatic heterocycles. The minimum Gasteiger partial charge on any atom is -0.494 e. The predicted molar refractivity (Wildman–Crippen MR) is 91.5 cm³/mol. The van der Waals surface area contributed by atoms with Crippen molar-refractivity contribution in [2.24, 2.45) is 0 Å². The topological polar surface area (TPSA) is 55.4 Å². The maximum absolute atomic E-state index is 5.59. The summed E-state index contributed by atoms with van der Waals surface area (Å²) < 4.78 is 10.6. The number of nitrogens with zero attached hydrogens (tertiary/aromatic N) is 1. The van der Waals surface area contributed by atoms with Gasteiger partial charge in [0.1, 0.15) is 5.75 Å². The fourth-order valence-corrected chi connectivity index (χ4v) is 2.06. The normalized spacial score (nSPS) is 9.91. The van der Waals surface area contributed by atoms with E-state index in [9.17, 15) is 0 Å². The molecule has 0 bridgehead atoms. The van der Waals surface area contributed by atoms with E-state index in [2.05, 4.69) is 15.6 Å². The number of hydrogen-bond donors (Lipinski definition) is 2. The Balaban J connectivity index is 1.89. The third-order valence-electron chi connectivity index (χ3n) is 2.92. The van der Waals surface area contributed by atoms with Gasteiger partial charge in [0.15, 0.2) is 5.11 Å². The van der Waals surface area contributed by atoms with Gasteiger partial charge in [-0.2, -0.15) is 0 Å². The van der Waals surface area contributed by atoms with Crippen LogP contribution in [0.3, 0.4) is 0 Å². The Morgan fingerprint density at radius 3 is 2.73 bits per heavy atom. The van der Waals surface area contributed by atoms with E-state index in [0.717, 1.165) is 17.0 Å². The standard InChI is InChI=1S/C16H19N3O2S/c1-3-21-14-7-5-4-6-12(14)10-18-16(22)19-13-8-9-15(20-2)17-11-13/h4-9,11H,3,10H2,1-2H3,(H2,18,19,22). The molecule has 0 fully saturated rings. The smallest absolute Gasteiger partial charge is 0.213 e. The van der Waals surface area contributed by atoms with Crippen molar-refractivity contribution in [3.63, 3.8) is 0 Å². The summed E-state index contributed by atoms with van der Waals surface area (Å²) in [6.45, 7) is 3.19. The molecule has 1 aromatic carbocycles. The first kappa shape index (κ1) is 16.0. The van der Waals surface area contributed by atoms with E-state index in [-0.39, 0.29) is 0 Å². The molecule has 5 nitrogen and oxygen atoms in total. The first-order chi connectivity index (χ1) is 10.7. The third kappa shape index (κ3) is 4.60. The molecule has 0 radical (unpaired) electrons. The molecule has 0 spiro atoms. The van der Waals surface area contributed by atoms with Crippen LogP contribution in [0.2, 0.25) is 0 Å². The number of nitrogens with one attached hydrogen (secondary N) is 2. The van der Waals surface area contributed by atoms with Crippen LogP contribution < -0.4 is 20.1 Å². The van der Waals surface area contributed by atoms with Crippen LogP contribution >= 0.6 is 12.2 Å². The molecule has 0 amide bonds. The first-order valence-electron chi connectivity index (χ1n) is 6.98. The first-order valence-corrected chi connectivity index (χ1v) is 7.39. The van der Waals surface area contributed by atoms with E-state index in [1.54, 1.807) is 19.4 Å². The quantitative estimate of drug-likeness (QED) is 0.799. The van der Waals surface area contributed by atoms with Gasteiger partial charge in [-0.15, -0.1) is 0 Å². The molecule has 1 aromatic heterocycles. The summed E-state index contributed by atoms with van der Waals surface area (Å²) in [5, 5.41) is 6.76. The second-order valence-electron chi connectivity index (χ2n) is 4.44. The Morgan fingerprint density at radius 2 is 2.05 bits per heavy atom. The lowest BCUT2D eigenvalue weighted by Crippen LogP contribution is -2.28. The average molecular weight is 317 g/mol. The number of methoxy groups -OCH3 is 1. The van der Waals surface area contributed by atoms with Crippen molar-refractivity contribution in [3.05, 3.63) is 48.2 Å². The summed E-state index contributed by atoms with van der Waals surface area (Å²) in [6.07, 6.45) is 1.67. The van der Waals surface area contributed by atoms with Gasteiger partial charge >= 0.3 is 0 Å². The molecule has 22 heavy (non-hydrogen) atoms. The molecule has 2 aromatic rings. The maximum atomic E-state index is 5.59. The van der Waals surface area contributed by atoms with Crippen molar-refractivity contribution >= 4 is 23.0 Å². The summed E-state index contributed by atoms with van der Waals surface area (Å²) in [5.41, 5.74) is 1.86. The van der Waals surface area contributed by atoms with Gasteiger partial charge in [-0.05, 0) is 31.3 Å². The highest BCUT2D eigenvalue weighted by atomic mass is 32.1. The number of aromatic nitrogens is 1. The Bertz CT molecular complexity index is 617. The molecule has 6 heteroatoms. The number of thiocarbonyl (C=S) groups is 1. The van der Waals surface area contributed by atoms with E-state index in [1.807, 2.05) is 37.3 Å². The SMILES string of the molecule is CCOc1ccccc1CNC(=S)Nc1ccc(OC)nc1. The van der Waals surface area contributed by atoms with Crippen molar-refractivity contribution in [1.82, 2.24) is 10.3 Å². The molecule has 0 aliphatic carbocycles. The lowest BCUT2D eigenvalue weighted by Gasteiger charge is -2.13. The van der Waals surface area contributed by atoms with Gasteiger partial charge in [0.25, 0.3) is 0 Å². The molecule has 0 saturated heterocycles. The molecule has 0 aliphatic rings. The minimum absolute atomic E-state index is 0.526. The van der Waals surface area contributed by atoms with Crippen LogP contribution in [0.4, 0.5) is 5.69 Å². The van der Waals surface area contributed by atoms with Crippen LogP contribution in [0.1, 0.15) is 12.5 Å². The zero-order valence-electron chi connectivity index (χ0n) is 12.6. The second kappa shape index (κ2) is 8.19. The number of anilines is 1. The summed E-state index contributed by atoms with van der Waals surface area (Å²) in [5.74, 6) is 1.43. The monoisotopic (exact) mass is 317 g/mol. The Labute approximate surface area is 135 Å². The molecule has 0 unspecified atom stereocenters. The van der Waals surface area contributed by atoms with Crippen LogP contribution in [0.25, 0.3) is 0 Å². The number of benzene rings is 1. The molecule has 0 saturated carbocycles. The highest BCUT2D eigenvalue weighted by Gasteiger charge is 2.04. The van der Waals surface area contributed by atoms with Gasteiger partial charge in [0, 0.05) is 18.2 Å². The fourth-order valence-electron chi connectivity index (χ4n) is 1.87. The zero-order chi connectivity index (χ0) is 15.8. The van der Waals surface area contributed by atoms with Crippen LogP contribution in [-0.2, 0) is 6.54 Å². The van der Waals surface area contributed by atoms with Gasteiger partial charge in [-0.3, -0.25) is 0 Å². The Morgan fingerprint density at radius 1 is 1.23 bits per heavy atom. The van der Waals surface area contributed by atoms with Gasteiger partial charge in [0.2, 0.25) is 5.88 Å². The largest absolute Gasteiger partial charge is 0.494 e. The molecule has 2 rings (SSSR count). The van der Waals surface area contributed by atoms with E-state index in [0.29, 0.717) is 24.1 Å². The van der Waals surface area contributed by atoms with E-state index < -0.39 is 0 Å². The molecule has 116 valence electrons. The number of hydrogen-bond acceptors (Lipinski definition) is 4. The molecule has 2 N–H and O–H groups in total.